The smallest absolute Gasteiger partial charge is 0.268 e. The molecule has 1 aromatic carbocycles. The maximum absolute atomic E-state index is 12.5. The molecule has 0 heterocycles. The van der Waals surface area contributed by atoms with Crippen molar-refractivity contribution in [2.45, 2.75) is 64.5 Å². The van der Waals surface area contributed by atoms with Crippen LogP contribution in [0.1, 0.15) is 52.4 Å². The zero-order valence-electron chi connectivity index (χ0n) is 15.5. The summed E-state index contributed by atoms with van der Waals surface area (Å²) >= 11 is 0. The predicted octanol–water partition coefficient (Wildman–Crippen LogP) is 2.84. The summed E-state index contributed by atoms with van der Waals surface area (Å²) in [7, 11) is 0. The third kappa shape index (κ3) is 6.33. The first-order valence-electron chi connectivity index (χ1n) is 9.54. The predicted molar refractivity (Wildman–Crippen MR) is 102 cm³/mol. The van der Waals surface area contributed by atoms with Crippen molar-refractivity contribution in [1.29, 1.82) is 0 Å². The highest BCUT2D eigenvalue weighted by Crippen LogP contribution is 2.27. The lowest BCUT2D eigenvalue weighted by atomic mass is 9.84. The summed E-state index contributed by atoms with van der Waals surface area (Å²) < 4.78 is 0. The highest BCUT2D eigenvalue weighted by Gasteiger charge is 2.27. The minimum atomic E-state index is -1.18. The molecular weight excluding hydrogens is 314 g/mol. The fraction of sp³-hybridized carbons (Fsp3) is 0.650. The molecule has 5 heteroatoms. The molecule has 25 heavy (non-hydrogen) atoms. The third-order valence-corrected chi connectivity index (χ3v) is 4.87. The van der Waals surface area contributed by atoms with Gasteiger partial charge < -0.3 is 10.8 Å². The Morgan fingerprint density at radius 1 is 1.24 bits per heavy atom. The topological polar surface area (TPSA) is 78.6 Å². The Morgan fingerprint density at radius 2 is 1.88 bits per heavy atom. The molecule has 1 fully saturated rings. The quantitative estimate of drug-likeness (QED) is 0.632. The monoisotopic (exact) mass is 347 g/mol. The second-order valence-corrected chi connectivity index (χ2v) is 7.66. The molecule has 0 radical (unpaired) electrons. The van der Waals surface area contributed by atoms with Crippen LogP contribution in [0.2, 0.25) is 0 Å². The van der Waals surface area contributed by atoms with Gasteiger partial charge >= 0.3 is 0 Å². The normalized spacial score (nSPS) is 18.0. The molecule has 2 atom stereocenters. The fourth-order valence-electron chi connectivity index (χ4n) is 3.52. The molecule has 2 rings (SSSR count). The first-order chi connectivity index (χ1) is 12.0. The number of nitrogens with two attached hydrogens (primary N) is 1. The summed E-state index contributed by atoms with van der Waals surface area (Å²) in [4.78, 5) is 12.5. The molecule has 5 nitrogen and oxygen atoms in total. The molecule has 0 aromatic heterocycles. The molecule has 0 spiro atoms. The second-order valence-electron chi connectivity index (χ2n) is 7.66. The number of amides is 1. The number of aliphatic hydroxyl groups excluding tert-OH is 1. The van der Waals surface area contributed by atoms with Crippen LogP contribution in [-0.2, 0) is 4.79 Å². The van der Waals surface area contributed by atoms with Gasteiger partial charge in [0, 0.05) is 12.6 Å². The molecule has 1 aliphatic carbocycles. The number of benzene rings is 1. The summed E-state index contributed by atoms with van der Waals surface area (Å²) in [5.41, 5.74) is 9.88. The van der Waals surface area contributed by atoms with Crippen molar-refractivity contribution in [3.8, 4) is 0 Å². The standard InChI is InChI=1S/C20H33N3O2/c1-15(2)14-23(17-11-7-4-8-12-17)22-20(25)19(24)18(21)13-16-9-5-3-6-10-16/h4,7-8,11-12,15-16,18-19,24H,3,5-6,9-10,13-14,21H2,1-2H3,(H,22,25). The van der Waals surface area contributed by atoms with Crippen molar-refractivity contribution in [3.05, 3.63) is 30.3 Å². The third-order valence-electron chi connectivity index (χ3n) is 4.87. The van der Waals surface area contributed by atoms with Gasteiger partial charge in [0.15, 0.2) is 0 Å². The molecular formula is C20H33N3O2. The van der Waals surface area contributed by atoms with Gasteiger partial charge in [0.25, 0.3) is 5.91 Å². The number of para-hydroxylation sites is 1. The molecule has 4 N–H and O–H groups in total. The van der Waals surface area contributed by atoms with Crippen LogP contribution in [0, 0.1) is 11.8 Å². The van der Waals surface area contributed by atoms with E-state index in [9.17, 15) is 9.90 Å². The van der Waals surface area contributed by atoms with E-state index < -0.39 is 18.1 Å². The van der Waals surface area contributed by atoms with Crippen molar-refractivity contribution in [2.24, 2.45) is 17.6 Å². The first kappa shape index (κ1) is 19.7. The van der Waals surface area contributed by atoms with Crippen molar-refractivity contribution in [2.75, 3.05) is 11.6 Å². The Kier molecular flexibility index (Phi) is 7.72. The van der Waals surface area contributed by atoms with Gasteiger partial charge in [-0.3, -0.25) is 15.2 Å². The first-order valence-corrected chi connectivity index (χ1v) is 9.54. The fourth-order valence-corrected chi connectivity index (χ4v) is 3.52. The number of nitrogens with one attached hydrogen (secondary N) is 1. The van der Waals surface area contributed by atoms with E-state index in [0.717, 1.165) is 18.5 Å². The summed E-state index contributed by atoms with van der Waals surface area (Å²) in [6.45, 7) is 4.85. The number of nitrogens with zero attached hydrogens (tertiary/aromatic N) is 1. The highest BCUT2D eigenvalue weighted by molar-refractivity contribution is 5.82. The van der Waals surface area contributed by atoms with E-state index in [0.29, 0.717) is 24.8 Å². The van der Waals surface area contributed by atoms with Gasteiger partial charge in [-0.25, -0.2) is 0 Å². The van der Waals surface area contributed by atoms with E-state index >= 15 is 0 Å². The lowest BCUT2D eigenvalue weighted by Gasteiger charge is -2.30. The molecule has 0 bridgehead atoms. The van der Waals surface area contributed by atoms with Crippen molar-refractivity contribution in [1.82, 2.24) is 5.43 Å². The lowest BCUT2D eigenvalue weighted by molar-refractivity contribution is -0.130. The van der Waals surface area contributed by atoms with Crippen LogP contribution < -0.4 is 16.2 Å². The summed E-state index contributed by atoms with van der Waals surface area (Å²) in [6, 6.07) is 9.17. The molecule has 2 unspecified atom stereocenters. The van der Waals surface area contributed by atoms with E-state index in [1.54, 1.807) is 5.01 Å². The van der Waals surface area contributed by atoms with Gasteiger partial charge in [-0.2, -0.15) is 0 Å². The second kappa shape index (κ2) is 9.78. The van der Waals surface area contributed by atoms with Crippen LogP contribution in [-0.4, -0.2) is 29.7 Å². The molecule has 1 amide bonds. The molecule has 140 valence electrons. The Bertz CT molecular complexity index is 515. The van der Waals surface area contributed by atoms with E-state index in [2.05, 4.69) is 19.3 Å². The van der Waals surface area contributed by atoms with E-state index in [1.165, 1.54) is 19.3 Å². The van der Waals surface area contributed by atoms with Crippen LogP contribution in [0.3, 0.4) is 0 Å². The molecule has 1 aromatic rings. The van der Waals surface area contributed by atoms with Crippen LogP contribution in [0.25, 0.3) is 0 Å². The van der Waals surface area contributed by atoms with Crippen LogP contribution >= 0.6 is 0 Å². The lowest BCUT2D eigenvalue weighted by Crippen LogP contribution is -2.53. The number of hydrogen-bond donors (Lipinski definition) is 3. The van der Waals surface area contributed by atoms with Crippen LogP contribution in [0.15, 0.2) is 30.3 Å². The number of hydrazine groups is 1. The number of rotatable bonds is 8. The average molecular weight is 348 g/mol. The number of aliphatic hydroxyl groups is 1. The molecule has 0 aliphatic heterocycles. The number of carbonyl (C=O) groups is 1. The Hall–Kier alpha value is -1.59. The summed E-state index contributed by atoms with van der Waals surface area (Å²) in [5, 5.41) is 12.2. The molecule has 1 aliphatic rings. The number of hydrogen-bond acceptors (Lipinski definition) is 4. The van der Waals surface area contributed by atoms with Crippen molar-refractivity contribution in [3.63, 3.8) is 0 Å². The Morgan fingerprint density at radius 3 is 2.48 bits per heavy atom. The SMILES string of the molecule is CC(C)CN(NC(=O)C(O)C(N)CC1CCCCC1)c1ccccc1. The van der Waals surface area contributed by atoms with Crippen LogP contribution in [0.4, 0.5) is 5.69 Å². The van der Waals surface area contributed by atoms with Crippen molar-refractivity contribution < 1.29 is 9.90 Å². The van der Waals surface area contributed by atoms with Gasteiger partial charge in [0.1, 0.15) is 6.10 Å². The van der Waals surface area contributed by atoms with Gasteiger partial charge in [0.2, 0.25) is 0 Å². The van der Waals surface area contributed by atoms with Gasteiger partial charge in [0.05, 0.1) is 5.69 Å². The Balaban J connectivity index is 1.94. The largest absolute Gasteiger partial charge is 0.382 e. The van der Waals surface area contributed by atoms with Gasteiger partial charge in [-0.05, 0) is 30.4 Å². The van der Waals surface area contributed by atoms with Crippen molar-refractivity contribution >= 4 is 11.6 Å². The number of anilines is 1. The summed E-state index contributed by atoms with van der Waals surface area (Å²) in [6.07, 6.45) is 5.60. The average Bonchev–Trinajstić information content (AvgIpc) is 2.61. The van der Waals surface area contributed by atoms with Gasteiger partial charge in [-0.15, -0.1) is 0 Å². The maximum atomic E-state index is 12.5. The number of carbonyl (C=O) groups excluding carboxylic acids is 1. The Labute approximate surface area is 151 Å². The minimum Gasteiger partial charge on any atom is -0.382 e. The van der Waals surface area contributed by atoms with Crippen LogP contribution in [0.5, 0.6) is 0 Å². The minimum absolute atomic E-state index is 0.369. The molecule has 1 saturated carbocycles. The van der Waals surface area contributed by atoms with E-state index in [-0.39, 0.29) is 0 Å². The van der Waals surface area contributed by atoms with Gasteiger partial charge in [-0.1, -0.05) is 64.2 Å². The highest BCUT2D eigenvalue weighted by atomic mass is 16.3. The maximum Gasteiger partial charge on any atom is 0.268 e. The zero-order chi connectivity index (χ0) is 18.2. The van der Waals surface area contributed by atoms with E-state index in [4.69, 9.17) is 5.73 Å². The molecule has 0 saturated heterocycles. The zero-order valence-corrected chi connectivity index (χ0v) is 15.5. The van der Waals surface area contributed by atoms with E-state index in [1.807, 2.05) is 30.3 Å². The summed E-state index contributed by atoms with van der Waals surface area (Å²) in [5.74, 6) is 0.480.